The van der Waals surface area contributed by atoms with Gasteiger partial charge < -0.3 is 15.8 Å². The van der Waals surface area contributed by atoms with Gasteiger partial charge >= 0.3 is 5.97 Å². The molecular formula is C20H17ClFN5O3. The second-order valence-electron chi connectivity index (χ2n) is 6.16. The van der Waals surface area contributed by atoms with Crippen molar-refractivity contribution in [2.45, 2.75) is 19.4 Å². The van der Waals surface area contributed by atoms with Crippen LogP contribution in [0.2, 0.25) is 5.02 Å². The van der Waals surface area contributed by atoms with Gasteiger partial charge in [0.25, 0.3) is 0 Å². The lowest BCUT2D eigenvalue weighted by Gasteiger charge is -2.08. The molecule has 0 unspecified atom stereocenters. The van der Waals surface area contributed by atoms with E-state index in [4.69, 9.17) is 22.1 Å². The Morgan fingerprint density at radius 1 is 1.00 bits per heavy atom. The van der Waals surface area contributed by atoms with Crippen molar-refractivity contribution in [2.24, 2.45) is 0 Å². The maximum atomic E-state index is 13.0. The number of nitrogens with two attached hydrogens (primary N) is 1. The largest absolute Gasteiger partial charge is 0.457 e. The number of nitrogen functional groups attached to an aromatic ring is 1. The number of nitrogens with zero attached hydrogens (tertiary/aromatic N) is 3. The van der Waals surface area contributed by atoms with Crippen molar-refractivity contribution in [1.82, 2.24) is 15.0 Å². The zero-order valence-electron chi connectivity index (χ0n) is 15.6. The van der Waals surface area contributed by atoms with Gasteiger partial charge in [0.1, 0.15) is 5.82 Å². The number of hydrogen-bond donors (Lipinski definition) is 2. The van der Waals surface area contributed by atoms with E-state index in [1.165, 1.54) is 24.3 Å². The van der Waals surface area contributed by atoms with E-state index in [0.29, 0.717) is 16.3 Å². The number of benzene rings is 2. The highest BCUT2D eigenvalue weighted by Gasteiger charge is 2.12. The fourth-order valence-corrected chi connectivity index (χ4v) is 2.56. The molecule has 0 saturated heterocycles. The molecule has 3 aromatic rings. The van der Waals surface area contributed by atoms with E-state index in [2.05, 4.69) is 20.3 Å². The van der Waals surface area contributed by atoms with Crippen molar-refractivity contribution < 1.29 is 18.7 Å². The molecule has 3 rings (SSSR count). The van der Waals surface area contributed by atoms with Crippen LogP contribution in [0.15, 0.2) is 48.5 Å². The predicted molar refractivity (Wildman–Crippen MR) is 109 cm³/mol. The van der Waals surface area contributed by atoms with Gasteiger partial charge in [0.2, 0.25) is 11.9 Å². The first-order valence-electron chi connectivity index (χ1n) is 8.86. The summed E-state index contributed by atoms with van der Waals surface area (Å²) in [6.07, 6.45) is -0.0973. The number of esters is 1. The summed E-state index contributed by atoms with van der Waals surface area (Å²) in [6.45, 7) is -0.237. The molecular weight excluding hydrogens is 413 g/mol. The van der Waals surface area contributed by atoms with Gasteiger partial charge in [-0.2, -0.15) is 15.0 Å². The van der Waals surface area contributed by atoms with E-state index in [9.17, 15) is 14.0 Å². The first-order chi connectivity index (χ1) is 14.4. The molecule has 0 radical (unpaired) electrons. The molecule has 0 bridgehead atoms. The van der Waals surface area contributed by atoms with E-state index >= 15 is 0 Å². The Hall–Kier alpha value is -3.59. The minimum Gasteiger partial charge on any atom is -0.457 e. The molecule has 0 amide bonds. The number of hydrogen-bond acceptors (Lipinski definition) is 8. The second-order valence-corrected chi connectivity index (χ2v) is 6.59. The quantitative estimate of drug-likeness (QED) is 0.411. The summed E-state index contributed by atoms with van der Waals surface area (Å²) in [5.41, 5.74) is 6.67. The molecule has 0 aliphatic carbocycles. The number of carbonyl (C=O) groups is 2. The SMILES string of the molecule is Nc1nc(COC(=O)CCC(=O)c2ccc(Cl)cc2)nc(Nc2ccc(F)cc2)n1. The smallest absolute Gasteiger partial charge is 0.306 e. The van der Waals surface area contributed by atoms with Crippen LogP contribution in [0.4, 0.5) is 22.0 Å². The van der Waals surface area contributed by atoms with Gasteiger partial charge in [0.15, 0.2) is 18.2 Å². The molecule has 3 N–H and O–H groups in total. The van der Waals surface area contributed by atoms with Crippen molar-refractivity contribution >= 4 is 40.9 Å². The zero-order valence-corrected chi connectivity index (χ0v) is 16.4. The van der Waals surface area contributed by atoms with Gasteiger partial charge in [-0.3, -0.25) is 9.59 Å². The number of ether oxygens (including phenoxy) is 1. The van der Waals surface area contributed by atoms with Crippen molar-refractivity contribution in [3.05, 3.63) is 70.8 Å². The summed E-state index contributed by atoms with van der Waals surface area (Å²) in [5, 5.41) is 3.38. The van der Waals surface area contributed by atoms with Crippen LogP contribution in [0.1, 0.15) is 29.0 Å². The lowest BCUT2D eigenvalue weighted by molar-refractivity contribution is -0.145. The number of rotatable bonds is 8. The molecule has 2 aromatic carbocycles. The monoisotopic (exact) mass is 429 g/mol. The van der Waals surface area contributed by atoms with Gasteiger partial charge in [-0.15, -0.1) is 0 Å². The maximum absolute atomic E-state index is 13.0. The number of halogens is 2. The third-order valence-electron chi connectivity index (χ3n) is 3.88. The molecule has 0 fully saturated rings. The Kier molecular flexibility index (Phi) is 6.87. The third kappa shape index (κ3) is 6.21. The van der Waals surface area contributed by atoms with Gasteiger partial charge in [-0.25, -0.2) is 4.39 Å². The van der Waals surface area contributed by atoms with Crippen LogP contribution in [0, 0.1) is 5.82 Å². The number of anilines is 3. The topological polar surface area (TPSA) is 120 Å². The van der Waals surface area contributed by atoms with E-state index in [1.54, 1.807) is 24.3 Å². The molecule has 0 aliphatic rings. The number of ketones is 1. The van der Waals surface area contributed by atoms with Crippen LogP contribution in [0.25, 0.3) is 0 Å². The van der Waals surface area contributed by atoms with Crippen molar-refractivity contribution in [2.75, 3.05) is 11.1 Å². The number of Topliss-reactive ketones (excluding diaryl/α,β-unsaturated/α-hetero) is 1. The lowest BCUT2D eigenvalue weighted by Crippen LogP contribution is -2.12. The first kappa shape index (κ1) is 21.1. The Morgan fingerprint density at radius 2 is 1.70 bits per heavy atom. The summed E-state index contributed by atoms with van der Waals surface area (Å²) in [7, 11) is 0. The second kappa shape index (κ2) is 9.75. The molecule has 1 heterocycles. The third-order valence-corrected chi connectivity index (χ3v) is 4.14. The van der Waals surface area contributed by atoms with Crippen LogP contribution in [-0.2, 0) is 16.1 Å². The molecule has 30 heavy (non-hydrogen) atoms. The molecule has 1 aromatic heterocycles. The van der Waals surface area contributed by atoms with Gasteiger partial charge in [-0.05, 0) is 48.5 Å². The standard InChI is InChI=1S/C20H17ClFN5O3/c21-13-3-1-12(2-4-13)16(28)9-10-18(29)30-11-17-25-19(23)27-20(26-17)24-15-7-5-14(22)6-8-15/h1-8H,9-11H2,(H3,23,24,25,26,27). The first-order valence-corrected chi connectivity index (χ1v) is 9.24. The normalized spacial score (nSPS) is 10.5. The predicted octanol–water partition coefficient (Wildman–Crippen LogP) is 3.70. The van der Waals surface area contributed by atoms with Crippen LogP contribution in [0.5, 0.6) is 0 Å². The number of carbonyl (C=O) groups excluding carboxylic acids is 2. The van der Waals surface area contributed by atoms with E-state index in [-0.39, 0.29) is 48.8 Å². The van der Waals surface area contributed by atoms with Crippen molar-refractivity contribution in [1.29, 1.82) is 0 Å². The lowest BCUT2D eigenvalue weighted by atomic mass is 10.1. The van der Waals surface area contributed by atoms with Crippen molar-refractivity contribution in [3.8, 4) is 0 Å². The Morgan fingerprint density at radius 3 is 2.40 bits per heavy atom. The van der Waals surface area contributed by atoms with E-state index in [0.717, 1.165) is 0 Å². The minimum atomic E-state index is -0.579. The van der Waals surface area contributed by atoms with Gasteiger partial charge in [0.05, 0.1) is 6.42 Å². The van der Waals surface area contributed by atoms with E-state index < -0.39 is 5.97 Å². The summed E-state index contributed by atoms with van der Waals surface area (Å²) in [6, 6.07) is 12.0. The molecule has 0 atom stereocenters. The highest BCUT2D eigenvalue weighted by atomic mass is 35.5. The zero-order chi connectivity index (χ0) is 21.5. The maximum Gasteiger partial charge on any atom is 0.306 e. The van der Waals surface area contributed by atoms with E-state index in [1.807, 2.05) is 0 Å². The molecule has 0 saturated carbocycles. The number of aromatic nitrogens is 3. The summed E-state index contributed by atoms with van der Waals surface area (Å²) in [5.74, 6) is -0.970. The van der Waals surface area contributed by atoms with Crippen LogP contribution in [0.3, 0.4) is 0 Å². The minimum absolute atomic E-state index is 0.00280. The fourth-order valence-electron chi connectivity index (χ4n) is 2.43. The molecule has 0 spiro atoms. The fraction of sp³-hybridized carbons (Fsp3) is 0.150. The van der Waals surface area contributed by atoms with Crippen LogP contribution < -0.4 is 11.1 Å². The number of nitrogens with one attached hydrogen (secondary N) is 1. The molecule has 8 nitrogen and oxygen atoms in total. The van der Waals surface area contributed by atoms with Crippen LogP contribution >= 0.6 is 11.6 Å². The van der Waals surface area contributed by atoms with Crippen molar-refractivity contribution in [3.63, 3.8) is 0 Å². The highest BCUT2D eigenvalue weighted by Crippen LogP contribution is 2.15. The molecule has 154 valence electrons. The summed E-state index contributed by atoms with van der Waals surface area (Å²) < 4.78 is 18.1. The summed E-state index contributed by atoms with van der Waals surface area (Å²) in [4.78, 5) is 36.0. The average molecular weight is 430 g/mol. The average Bonchev–Trinajstić information content (AvgIpc) is 2.72. The Bertz CT molecular complexity index is 1050. The van der Waals surface area contributed by atoms with Crippen LogP contribution in [-0.4, -0.2) is 26.7 Å². The van der Waals surface area contributed by atoms with Gasteiger partial charge in [0, 0.05) is 22.7 Å². The highest BCUT2D eigenvalue weighted by molar-refractivity contribution is 6.30. The Balaban J connectivity index is 1.52. The summed E-state index contributed by atoms with van der Waals surface area (Å²) >= 11 is 5.79. The van der Waals surface area contributed by atoms with Gasteiger partial charge in [-0.1, -0.05) is 11.6 Å². The molecule has 0 aliphatic heterocycles. The molecule has 10 heteroatoms. The Labute approximate surface area is 176 Å².